The Kier molecular flexibility index (Phi) is 5.63. The Labute approximate surface area is 141 Å². The minimum absolute atomic E-state index is 0.0468. The van der Waals surface area contributed by atoms with E-state index < -0.39 is 24.5 Å². The second-order valence-corrected chi connectivity index (χ2v) is 5.17. The standard InChI is InChI=1S/C17H15F2NO5/c1-9(21)12-7-14(20-8-12)16(23)24-10(2)15(22)11-3-5-13(6-4-11)25-17(18)19/h3-8,10,17,20H,1-2H3/t10-/m0/s1. The van der Waals surface area contributed by atoms with Crippen LogP contribution in [0.25, 0.3) is 0 Å². The maximum absolute atomic E-state index is 12.2. The lowest BCUT2D eigenvalue weighted by molar-refractivity contribution is -0.0498. The molecule has 2 rings (SSSR count). The second kappa shape index (κ2) is 7.69. The van der Waals surface area contributed by atoms with E-state index in [1.165, 1.54) is 50.4 Å². The zero-order valence-corrected chi connectivity index (χ0v) is 13.4. The summed E-state index contributed by atoms with van der Waals surface area (Å²) in [6, 6.07) is 6.37. The van der Waals surface area contributed by atoms with E-state index in [0.29, 0.717) is 5.56 Å². The van der Waals surface area contributed by atoms with Crippen LogP contribution >= 0.6 is 0 Å². The SMILES string of the molecule is CC(=O)c1c[nH]c(C(=O)O[C@@H](C)C(=O)c2ccc(OC(F)F)cc2)c1. The molecular formula is C17H15F2NO5. The van der Waals surface area contributed by atoms with Gasteiger partial charge in [-0.2, -0.15) is 8.78 Å². The number of benzene rings is 1. The molecule has 1 aromatic carbocycles. The second-order valence-electron chi connectivity index (χ2n) is 5.17. The van der Waals surface area contributed by atoms with Gasteiger partial charge in [0, 0.05) is 17.3 Å². The first-order valence-corrected chi connectivity index (χ1v) is 7.27. The molecule has 6 nitrogen and oxygen atoms in total. The number of nitrogens with one attached hydrogen (secondary N) is 1. The number of carbonyl (C=O) groups is 3. The molecule has 1 N–H and O–H groups in total. The fourth-order valence-corrected chi connectivity index (χ4v) is 2.03. The van der Waals surface area contributed by atoms with E-state index in [1.54, 1.807) is 0 Å². The first-order chi connectivity index (χ1) is 11.8. The largest absolute Gasteiger partial charge is 0.450 e. The lowest BCUT2D eigenvalue weighted by atomic mass is 10.1. The molecule has 132 valence electrons. The van der Waals surface area contributed by atoms with E-state index in [9.17, 15) is 23.2 Å². The van der Waals surface area contributed by atoms with Gasteiger partial charge in [-0.05, 0) is 44.2 Å². The molecule has 0 spiro atoms. The highest BCUT2D eigenvalue weighted by Crippen LogP contribution is 2.17. The van der Waals surface area contributed by atoms with E-state index in [4.69, 9.17) is 4.74 Å². The third kappa shape index (κ3) is 4.72. The number of alkyl halides is 2. The van der Waals surface area contributed by atoms with Gasteiger partial charge in [0.05, 0.1) is 0 Å². The summed E-state index contributed by atoms with van der Waals surface area (Å²) in [6.45, 7) is -0.216. The topological polar surface area (TPSA) is 85.5 Å². The van der Waals surface area contributed by atoms with Crippen LogP contribution in [0.4, 0.5) is 8.78 Å². The van der Waals surface area contributed by atoms with Gasteiger partial charge in [0.25, 0.3) is 0 Å². The fraction of sp³-hybridized carbons (Fsp3) is 0.235. The number of esters is 1. The van der Waals surface area contributed by atoms with Crippen molar-refractivity contribution in [3.05, 3.63) is 53.3 Å². The molecule has 0 aliphatic carbocycles. The van der Waals surface area contributed by atoms with Crippen molar-refractivity contribution in [1.29, 1.82) is 0 Å². The van der Waals surface area contributed by atoms with Crippen molar-refractivity contribution in [2.45, 2.75) is 26.6 Å². The van der Waals surface area contributed by atoms with Crippen molar-refractivity contribution >= 4 is 17.5 Å². The Bertz CT molecular complexity index is 783. The molecule has 0 bridgehead atoms. The highest BCUT2D eigenvalue weighted by atomic mass is 19.3. The van der Waals surface area contributed by atoms with Gasteiger partial charge in [0.2, 0.25) is 5.78 Å². The summed E-state index contributed by atoms with van der Waals surface area (Å²) in [5.74, 6) is -1.59. The highest BCUT2D eigenvalue weighted by molar-refractivity contribution is 6.02. The number of aromatic amines is 1. The predicted molar refractivity (Wildman–Crippen MR) is 83.1 cm³/mol. The minimum atomic E-state index is -2.96. The summed E-state index contributed by atoms with van der Waals surface area (Å²) >= 11 is 0. The van der Waals surface area contributed by atoms with Crippen molar-refractivity contribution in [3.63, 3.8) is 0 Å². The molecule has 0 unspecified atom stereocenters. The van der Waals surface area contributed by atoms with E-state index in [2.05, 4.69) is 9.72 Å². The molecular weight excluding hydrogens is 336 g/mol. The normalized spacial score (nSPS) is 11.9. The van der Waals surface area contributed by atoms with E-state index in [1.807, 2.05) is 0 Å². The van der Waals surface area contributed by atoms with Gasteiger partial charge in [-0.15, -0.1) is 0 Å². The van der Waals surface area contributed by atoms with Gasteiger partial charge >= 0.3 is 12.6 Å². The summed E-state index contributed by atoms with van der Waals surface area (Å²) in [5.41, 5.74) is 0.545. The maximum Gasteiger partial charge on any atom is 0.387 e. The van der Waals surface area contributed by atoms with Crippen molar-refractivity contribution < 1.29 is 32.6 Å². The van der Waals surface area contributed by atoms with Crippen molar-refractivity contribution in [2.75, 3.05) is 0 Å². The number of ether oxygens (including phenoxy) is 2. The Morgan fingerprint density at radius 1 is 1.08 bits per heavy atom. The number of carbonyl (C=O) groups excluding carboxylic acids is 3. The summed E-state index contributed by atoms with van der Waals surface area (Å²) in [4.78, 5) is 38.0. The third-order valence-corrected chi connectivity index (χ3v) is 3.33. The first kappa shape index (κ1) is 18.3. The van der Waals surface area contributed by atoms with Crippen molar-refractivity contribution in [3.8, 4) is 5.75 Å². The zero-order valence-electron chi connectivity index (χ0n) is 13.4. The lowest BCUT2D eigenvalue weighted by Crippen LogP contribution is -2.24. The van der Waals surface area contributed by atoms with Gasteiger partial charge in [-0.3, -0.25) is 9.59 Å². The van der Waals surface area contributed by atoms with Crippen LogP contribution in [0.3, 0.4) is 0 Å². The summed E-state index contributed by atoms with van der Waals surface area (Å²) in [7, 11) is 0. The lowest BCUT2D eigenvalue weighted by Gasteiger charge is -2.12. The van der Waals surface area contributed by atoms with E-state index in [-0.39, 0.29) is 22.8 Å². The third-order valence-electron chi connectivity index (χ3n) is 3.33. The molecule has 0 saturated heterocycles. The fourth-order valence-electron chi connectivity index (χ4n) is 2.03. The molecule has 2 aromatic rings. The maximum atomic E-state index is 12.2. The van der Waals surface area contributed by atoms with Gasteiger partial charge in [0.1, 0.15) is 11.4 Å². The molecule has 0 saturated carbocycles. The van der Waals surface area contributed by atoms with Crippen LogP contribution < -0.4 is 4.74 Å². The number of hydrogen-bond acceptors (Lipinski definition) is 5. The number of aromatic nitrogens is 1. The van der Waals surface area contributed by atoms with Crippen LogP contribution in [0, 0.1) is 0 Å². The average molecular weight is 351 g/mol. The Hall–Kier alpha value is -3.03. The first-order valence-electron chi connectivity index (χ1n) is 7.27. The number of Topliss-reactive ketones (excluding diaryl/α,β-unsaturated/α-hetero) is 2. The Balaban J connectivity index is 2.01. The van der Waals surface area contributed by atoms with Gasteiger partial charge in [-0.1, -0.05) is 0 Å². The molecule has 1 atom stereocenters. The Morgan fingerprint density at radius 3 is 2.24 bits per heavy atom. The predicted octanol–water partition coefficient (Wildman–Crippen LogP) is 3.25. The van der Waals surface area contributed by atoms with Crippen LogP contribution in [-0.4, -0.2) is 35.2 Å². The van der Waals surface area contributed by atoms with E-state index in [0.717, 1.165) is 0 Å². The monoisotopic (exact) mass is 351 g/mol. The molecule has 0 radical (unpaired) electrons. The van der Waals surface area contributed by atoms with Crippen LogP contribution in [0.2, 0.25) is 0 Å². The zero-order chi connectivity index (χ0) is 18.6. The molecule has 0 fully saturated rings. The highest BCUT2D eigenvalue weighted by Gasteiger charge is 2.22. The van der Waals surface area contributed by atoms with Crippen LogP contribution in [-0.2, 0) is 4.74 Å². The number of H-pyrrole nitrogens is 1. The minimum Gasteiger partial charge on any atom is -0.450 e. The molecule has 1 heterocycles. The molecule has 0 amide bonds. The van der Waals surface area contributed by atoms with Crippen LogP contribution in [0.15, 0.2) is 36.5 Å². The van der Waals surface area contributed by atoms with Crippen molar-refractivity contribution in [2.24, 2.45) is 0 Å². The molecule has 1 aromatic heterocycles. The quantitative estimate of drug-likeness (QED) is 0.611. The summed E-state index contributed by atoms with van der Waals surface area (Å²) in [6.07, 6.45) is 0.270. The molecule has 0 aliphatic rings. The smallest absolute Gasteiger partial charge is 0.387 e. The van der Waals surface area contributed by atoms with Crippen LogP contribution in [0.5, 0.6) is 5.75 Å². The summed E-state index contributed by atoms with van der Waals surface area (Å²) in [5, 5.41) is 0. The van der Waals surface area contributed by atoms with E-state index >= 15 is 0 Å². The number of ketones is 2. The number of halogens is 2. The Morgan fingerprint density at radius 2 is 1.72 bits per heavy atom. The molecule has 8 heteroatoms. The molecule has 25 heavy (non-hydrogen) atoms. The van der Waals surface area contributed by atoms with Gasteiger partial charge in [-0.25, -0.2) is 4.79 Å². The number of hydrogen-bond donors (Lipinski definition) is 1. The van der Waals surface area contributed by atoms with Gasteiger partial charge < -0.3 is 14.5 Å². The van der Waals surface area contributed by atoms with Crippen molar-refractivity contribution in [1.82, 2.24) is 4.98 Å². The van der Waals surface area contributed by atoms with Gasteiger partial charge in [0.15, 0.2) is 11.9 Å². The van der Waals surface area contributed by atoms with Crippen LogP contribution in [0.1, 0.15) is 45.1 Å². The number of rotatable bonds is 7. The average Bonchev–Trinajstić information content (AvgIpc) is 3.04. The summed E-state index contributed by atoms with van der Waals surface area (Å²) < 4.78 is 33.4. The molecule has 0 aliphatic heterocycles.